The second-order valence-corrected chi connectivity index (χ2v) is 8.17. The smallest absolute Gasteiger partial charge is 0.339 e. The highest BCUT2D eigenvalue weighted by Gasteiger charge is 2.34. The van der Waals surface area contributed by atoms with Crippen molar-refractivity contribution in [2.45, 2.75) is 25.7 Å². The highest BCUT2D eigenvalue weighted by molar-refractivity contribution is 7.16. The monoisotopic (exact) mass is 385 g/mol. The van der Waals surface area contributed by atoms with Gasteiger partial charge in [0.05, 0.1) is 14.2 Å². The van der Waals surface area contributed by atoms with Gasteiger partial charge < -0.3 is 20.3 Å². The molecule has 0 saturated heterocycles. The van der Waals surface area contributed by atoms with E-state index in [9.17, 15) is 9.90 Å². The Morgan fingerprint density at radius 3 is 2.56 bits per heavy atom. The maximum absolute atomic E-state index is 11.6. The van der Waals surface area contributed by atoms with Crippen LogP contribution < -0.4 is 15.2 Å². The van der Waals surface area contributed by atoms with Crippen LogP contribution in [0.3, 0.4) is 0 Å². The number of thiophene rings is 1. The summed E-state index contributed by atoms with van der Waals surface area (Å²) in [6.07, 6.45) is 6.76. The normalized spacial score (nSPS) is 15.3. The number of carbonyl (C=O) groups is 1. The molecule has 0 spiro atoms. The van der Waals surface area contributed by atoms with Crippen LogP contribution in [0.25, 0.3) is 12.2 Å². The molecule has 5 nitrogen and oxygen atoms in total. The number of benzene rings is 1. The molecule has 27 heavy (non-hydrogen) atoms. The maximum Gasteiger partial charge on any atom is 0.339 e. The Bertz CT molecular complexity index is 953. The van der Waals surface area contributed by atoms with Crippen molar-refractivity contribution < 1.29 is 19.4 Å². The van der Waals surface area contributed by atoms with E-state index in [0.717, 1.165) is 28.0 Å². The minimum absolute atomic E-state index is 0.173. The Morgan fingerprint density at radius 1 is 1.22 bits per heavy atom. The molecule has 0 bridgehead atoms. The maximum atomic E-state index is 11.6. The van der Waals surface area contributed by atoms with Crippen molar-refractivity contribution in [2.75, 3.05) is 20.0 Å². The molecule has 1 heterocycles. The first-order chi connectivity index (χ1) is 12.8. The molecule has 3 rings (SSSR count). The molecule has 0 atom stereocenters. The molecule has 1 aromatic carbocycles. The molecule has 0 amide bonds. The fraction of sp³-hybridized carbons (Fsp3) is 0.286. The van der Waals surface area contributed by atoms with Crippen LogP contribution in [-0.2, 0) is 5.41 Å². The Labute approximate surface area is 162 Å². The van der Waals surface area contributed by atoms with Crippen LogP contribution in [0.1, 0.15) is 46.6 Å². The average molecular weight is 385 g/mol. The van der Waals surface area contributed by atoms with Gasteiger partial charge in [-0.15, -0.1) is 11.3 Å². The zero-order chi connectivity index (χ0) is 19.8. The number of rotatable bonds is 5. The number of methoxy groups -OCH3 is 2. The van der Waals surface area contributed by atoms with Gasteiger partial charge in [-0.05, 0) is 35.8 Å². The lowest BCUT2D eigenvalue weighted by Crippen LogP contribution is -2.20. The number of anilines is 1. The lowest BCUT2D eigenvalue weighted by molar-refractivity contribution is 0.0698. The third kappa shape index (κ3) is 3.57. The predicted octanol–water partition coefficient (Wildman–Crippen LogP) is 4.82. The van der Waals surface area contributed by atoms with Crippen LogP contribution >= 0.6 is 11.3 Å². The summed E-state index contributed by atoms with van der Waals surface area (Å²) in [5.74, 6) is 0.359. The van der Waals surface area contributed by atoms with Crippen LogP contribution in [0.4, 0.5) is 5.00 Å². The average Bonchev–Trinajstić information content (AvgIpc) is 2.96. The summed E-state index contributed by atoms with van der Waals surface area (Å²) in [5.41, 5.74) is 8.77. The van der Waals surface area contributed by atoms with Crippen molar-refractivity contribution in [1.29, 1.82) is 0 Å². The molecular weight excluding hydrogens is 362 g/mol. The van der Waals surface area contributed by atoms with E-state index in [4.69, 9.17) is 15.2 Å². The van der Waals surface area contributed by atoms with Gasteiger partial charge in [0.25, 0.3) is 0 Å². The number of hydrogen-bond donors (Lipinski definition) is 2. The van der Waals surface area contributed by atoms with E-state index in [2.05, 4.69) is 13.8 Å². The Kier molecular flexibility index (Phi) is 5.02. The van der Waals surface area contributed by atoms with Crippen molar-refractivity contribution in [1.82, 2.24) is 0 Å². The SMILES string of the molecule is COc1ccc(/C=C/C2=Cc3c(sc(N)c3C(=O)O)C(C)(C)C2)cc1OC. The zero-order valence-electron chi connectivity index (χ0n) is 15.8. The number of carboxylic acid groups (broad SMARTS) is 1. The van der Waals surface area contributed by atoms with Gasteiger partial charge in [-0.2, -0.15) is 0 Å². The molecule has 3 N–H and O–H groups in total. The van der Waals surface area contributed by atoms with Crippen molar-refractivity contribution in [3.05, 3.63) is 51.4 Å². The molecule has 0 fully saturated rings. The fourth-order valence-corrected chi connectivity index (χ4v) is 4.56. The summed E-state index contributed by atoms with van der Waals surface area (Å²) in [4.78, 5) is 12.7. The standard InChI is InChI=1S/C21H23NO4S/c1-21(2)11-13(9-14-17(20(23)24)19(22)27-18(14)21)6-5-12-7-8-15(25-3)16(10-12)26-4/h5-10H,11,22H2,1-4H3,(H,23,24)/b6-5+. The molecule has 0 unspecified atom stereocenters. The van der Waals surface area contributed by atoms with E-state index < -0.39 is 5.97 Å². The van der Waals surface area contributed by atoms with Crippen molar-refractivity contribution in [2.24, 2.45) is 0 Å². The third-order valence-electron chi connectivity index (χ3n) is 4.67. The third-order valence-corrected chi connectivity index (χ3v) is 6.07. The Morgan fingerprint density at radius 2 is 1.93 bits per heavy atom. The number of ether oxygens (including phenoxy) is 2. The van der Waals surface area contributed by atoms with Crippen LogP contribution in [0.15, 0.2) is 29.8 Å². The molecule has 1 aromatic heterocycles. The van der Waals surface area contributed by atoms with E-state index in [-0.39, 0.29) is 11.0 Å². The fourth-order valence-electron chi connectivity index (χ4n) is 3.42. The highest BCUT2D eigenvalue weighted by atomic mass is 32.1. The largest absolute Gasteiger partial charge is 0.493 e. The van der Waals surface area contributed by atoms with E-state index in [0.29, 0.717) is 16.5 Å². The van der Waals surface area contributed by atoms with Crippen molar-refractivity contribution in [3.8, 4) is 11.5 Å². The zero-order valence-corrected chi connectivity index (χ0v) is 16.6. The molecule has 1 aliphatic rings. The van der Waals surface area contributed by atoms with E-state index in [1.54, 1.807) is 14.2 Å². The van der Waals surface area contributed by atoms with Gasteiger partial charge in [-0.3, -0.25) is 0 Å². The Hall–Kier alpha value is -2.73. The van der Waals surface area contributed by atoms with Crippen molar-refractivity contribution >= 4 is 34.5 Å². The van der Waals surface area contributed by atoms with E-state index in [1.807, 2.05) is 36.4 Å². The summed E-state index contributed by atoms with van der Waals surface area (Å²) < 4.78 is 10.6. The Balaban J connectivity index is 1.99. The molecule has 0 saturated carbocycles. The number of carboxylic acids is 1. The lowest BCUT2D eigenvalue weighted by Gasteiger charge is -2.29. The summed E-state index contributed by atoms with van der Waals surface area (Å²) in [5, 5.41) is 9.90. The van der Waals surface area contributed by atoms with Crippen LogP contribution in [0.5, 0.6) is 11.5 Å². The molecule has 1 aliphatic carbocycles. The molecule has 2 aromatic rings. The van der Waals surface area contributed by atoms with E-state index >= 15 is 0 Å². The van der Waals surface area contributed by atoms with Gasteiger partial charge in [0.1, 0.15) is 10.6 Å². The number of hydrogen-bond acceptors (Lipinski definition) is 5. The first-order valence-corrected chi connectivity index (χ1v) is 9.35. The first kappa shape index (κ1) is 19.0. The number of fused-ring (bicyclic) bond motifs is 1. The number of aromatic carboxylic acids is 1. The van der Waals surface area contributed by atoms with E-state index in [1.165, 1.54) is 11.3 Å². The first-order valence-electron chi connectivity index (χ1n) is 8.53. The van der Waals surface area contributed by atoms with Gasteiger partial charge in [-0.25, -0.2) is 4.79 Å². The highest BCUT2D eigenvalue weighted by Crippen LogP contribution is 2.47. The summed E-state index contributed by atoms with van der Waals surface area (Å²) in [7, 11) is 3.21. The minimum Gasteiger partial charge on any atom is -0.493 e. The van der Waals surface area contributed by atoms with Crippen LogP contribution in [0.2, 0.25) is 0 Å². The lowest BCUT2D eigenvalue weighted by atomic mass is 9.77. The quantitative estimate of drug-likeness (QED) is 0.771. The van der Waals surface area contributed by atoms with Gasteiger partial charge in [0.15, 0.2) is 11.5 Å². The second kappa shape index (κ2) is 7.12. The van der Waals surface area contributed by atoms with Crippen molar-refractivity contribution in [3.63, 3.8) is 0 Å². The summed E-state index contributed by atoms with van der Waals surface area (Å²) >= 11 is 1.38. The second-order valence-electron chi connectivity index (χ2n) is 7.12. The molecule has 0 aliphatic heterocycles. The number of nitrogen functional groups attached to an aromatic ring is 1. The summed E-state index contributed by atoms with van der Waals surface area (Å²) in [6.45, 7) is 4.23. The van der Waals surface area contributed by atoms with Gasteiger partial charge in [0.2, 0.25) is 0 Å². The molecule has 142 valence electrons. The van der Waals surface area contributed by atoms with Gasteiger partial charge >= 0.3 is 5.97 Å². The van der Waals surface area contributed by atoms with Gasteiger partial charge in [-0.1, -0.05) is 32.1 Å². The minimum atomic E-state index is -0.984. The molecule has 0 radical (unpaired) electrons. The van der Waals surface area contributed by atoms with Crippen LogP contribution in [0, 0.1) is 0 Å². The van der Waals surface area contributed by atoms with Crippen LogP contribution in [-0.4, -0.2) is 25.3 Å². The van der Waals surface area contributed by atoms with Gasteiger partial charge in [0, 0.05) is 15.9 Å². The number of allylic oxidation sites excluding steroid dienone is 2. The predicted molar refractivity (Wildman–Crippen MR) is 110 cm³/mol. The number of nitrogens with two attached hydrogens (primary N) is 1. The molecule has 6 heteroatoms. The summed E-state index contributed by atoms with van der Waals surface area (Å²) in [6, 6.07) is 5.71. The molecular formula is C21H23NO4S. The topological polar surface area (TPSA) is 81.8 Å².